The number of fused-ring (bicyclic) bond motifs is 7. The number of hydrogen-bond acceptors (Lipinski definition) is 3. The first-order chi connectivity index (χ1) is 14.4. The van der Waals surface area contributed by atoms with Gasteiger partial charge in [0.15, 0.2) is 5.78 Å². The Morgan fingerprint density at radius 3 is 2.60 bits per heavy atom. The summed E-state index contributed by atoms with van der Waals surface area (Å²) >= 11 is 0. The Morgan fingerprint density at radius 2 is 1.80 bits per heavy atom. The number of aromatic nitrogens is 3. The van der Waals surface area contributed by atoms with Gasteiger partial charge in [0.05, 0.1) is 17.1 Å². The lowest BCUT2D eigenvalue weighted by Gasteiger charge is -2.57. The summed E-state index contributed by atoms with van der Waals surface area (Å²) in [6.07, 6.45) is 9.26. The minimum absolute atomic E-state index is 0.0663. The fraction of sp³-hybridized carbons (Fsp3) is 0.560. The molecule has 2 aromatic rings. The van der Waals surface area contributed by atoms with Gasteiger partial charge in [-0.05, 0) is 92.0 Å². The molecule has 0 N–H and O–H groups in total. The predicted octanol–water partition coefficient (Wildman–Crippen LogP) is 4.95. The molecule has 2 fully saturated rings. The third-order valence-electron chi connectivity index (χ3n) is 9.05. The zero-order valence-electron chi connectivity index (χ0n) is 17.7. The molecule has 4 nitrogen and oxygen atoms in total. The van der Waals surface area contributed by atoms with Gasteiger partial charge in [-0.15, -0.1) is 0 Å². The van der Waals surface area contributed by atoms with E-state index < -0.39 is 0 Å². The molecule has 1 heterocycles. The van der Waals surface area contributed by atoms with Crippen LogP contribution in [0.2, 0.25) is 0 Å². The molecule has 0 saturated heterocycles. The van der Waals surface area contributed by atoms with Crippen molar-refractivity contribution in [2.24, 2.45) is 23.2 Å². The van der Waals surface area contributed by atoms with Gasteiger partial charge >= 0.3 is 0 Å². The van der Waals surface area contributed by atoms with Gasteiger partial charge in [0.2, 0.25) is 0 Å². The standard InChI is InChI=1S/C25H28FN3O/c1-24-11-9-18(30)13-15(24)3-8-19-20(24)10-12-25(2)21(19)14-22-23(25)28-29(27-22)17-6-4-16(26)5-7-17/h4-7,13,19-21H,3,8-12,14H2,1-2H3/t19-,20?,21?,24+,25+/m1/s1. The third kappa shape index (κ3) is 2.41. The first-order valence-corrected chi connectivity index (χ1v) is 11.3. The van der Waals surface area contributed by atoms with Crippen molar-refractivity contribution in [3.8, 4) is 5.69 Å². The van der Waals surface area contributed by atoms with Crippen LogP contribution in [0, 0.1) is 29.0 Å². The number of halogens is 1. The number of nitrogens with zero attached hydrogens (tertiary/aromatic N) is 3. The van der Waals surface area contributed by atoms with Gasteiger partial charge in [-0.1, -0.05) is 19.4 Å². The van der Waals surface area contributed by atoms with E-state index in [4.69, 9.17) is 10.2 Å². The van der Waals surface area contributed by atoms with Crippen molar-refractivity contribution in [2.75, 3.05) is 0 Å². The third-order valence-corrected chi connectivity index (χ3v) is 9.05. The molecule has 1 aromatic carbocycles. The van der Waals surface area contributed by atoms with E-state index in [1.54, 1.807) is 16.9 Å². The summed E-state index contributed by atoms with van der Waals surface area (Å²) in [6, 6.07) is 6.40. The molecule has 2 unspecified atom stereocenters. The van der Waals surface area contributed by atoms with Crippen molar-refractivity contribution in [3.63, 3.8) is 0 Å². The summed E-state index contributed by atoms with van der Waals surface area (Å²) in [7, 11) is 0. The Morgan fingerprint density at radius 1 is 1.00 bits per heavy atom. The quantitative estimate of drug-likeness (QED) is 0.674. The lowest BCUT2D eigenvalue weighted by Crippen LogP contribution is -2.51. The topological polar surface area (TPSA) is 47.8 Å². The molecule has 6 rings (SSSR count). The van der Waals surface area contributed by atoms with Crippen LogP contribution in [-0.4, -0.2) is 20.8 Å². The zero-order valence-corrected chi connectivity index (χ0v) is 17.7. The highest BCUT2D eigenvalue weighted by atomic mass is 19.1. The average Bonchev–Trinajstić information content (AvgIpc) is 3.26. The number of rotatable bonds is 1. The molecule has 156 valence electrons. The summed E-state index contributed by atoms with van der Waals surface area (Å²) < 4.78 is 13.3. The van der Waals surface area contributed by atoms with Crippen LogP contribution in [-0.2, 0) is 16.6 Å². The molecule has 0 spiro atoms. The Bertz CT molecular complexity index is 1070. The molecule has 0 aliphatic heterocycles. The molecule has 0 amide bonds. The highest BCUT2D eigenvalue weighted by Gasteiger charge is 2.59. The van der Waals surface area contributed by atoms with Crippen LogP contribution in [0.3, 0.4) is 0 Å². The van der Waals surface area contributed by atoms with Crippen molar-refractivity contribution in [2.45, 2.75) is 64.2 Å². The minimum atomic E-state index is -0.243. The van der Waals surface area contributed by atoms with E-state index in [-0.39, 0.29) is 16.6 Å². The molecule has 5 atom stereocenters. The Labute approximate surface area is 176 Å². The van der Waals surface area contributed by atoms with Gasteiger partial charge in [-0.2, -0.15) is 15.0 Å². The van der Waals surface area contributed by atoms with Crippen LogP contribution in [0.4, 0.5) is 4.39 Å². The van der Waals surface area contributed by atoms with Crippen molar-refractivity contribution in [1.29, 1.82) is 0 Å². The molecule has 30 heavy (non-hydrogen) atoms. The van der Waals surface area contributed by atoms with Gasteiger partial charge in [0, 0.05) is 11.8 Å². The minimum Gasteiger partial charge on any atom is -0.295 e. The number of benzene rings is 1. The summed E-state index contributed by atoms with van der Waals surface area (Å²) in [4.78, 5) is 13.7. The maximum Gasteiger partial charge on any atom is 0.155 e. The molecule has 0 radical (unpaired) electrons. The van der Waals surface area contributed by atoms with Gasteiger partial charge in [0.25, 0.3) is 0 Å². The number of carbonyl (C=O) groups excluding carboxylic acids is 1. The molecular weight excluding hydrogens is 377 g/mol. The first kappa shape index (κ1) is 18.5. The lowest BCUT2D eigenvalue weighted by atomic mass is 9.47. The summed E-state index contributed by atoms with van der Waals surface area (Å²) in [5, 5.41) is 9.75. The summed E-state index contributed by atoms with van der Waals surface area (Å²) in [6.45, 7) is 4.81. The van der Waals surface area contributed by atoms with Gasteiger partial charge in [-0.25, -0.2) is 4.39 Å². The second kappa shape index (κ2) is 6.12. The molecule has 1 aromatic heterocycles. The van der Waals surface area contributed by atoms with Crippen molar-refractivity contribution < 1.29 is 9.18 Å². The Balaban J connectivity index is 1.33. The van der Waals surface area contributed by atoms with E-state index >= 15 is 0 Å². The van der Waals surface area contributed by atoms with Gasteiger partial charge in [0.1, 0.15) is 5.82 Å². The SMILES string of the molecule is C[C@]12CCC(=O)C=C1CC[C@@H]1C2CC[C@]2(C)c3nn(-c4ccc(F)cc4)nc3CC12. The normalized spacial score (nSPS) is 37.1. The predicted molar refractivity (Wildman–Crippen MR) is 112 cm³/mol. The van der Waals surface area contributed by atoms with E-state index in [0.717, 1.165) is 42.8 Å². The van der Waals surface area contributed by atoms with E-state index in [1.165, 1.54) is 30.5 Å². The lowest BCUT2D eigenvalue weighted by molar-refractivity contribution is -0.117. The molecular formula is C25H28FN3O. The molecule has 4 aliphatic rings. The Hall–Kier alpha value is -2.30. The fourth-order valence-corrected chi connectivity index (χ4v) is 7.37. The average molecular weight is 406 g/mol. The van der Waals surface area contributed by atoms with Crippen LogP contribution in [0.15, 0.2) is 35.9 Å². The number of allylic oxidation sites excluding steroid dienone is 2. The van der Waals surface area contributed by atoms with E-state index in [1.807, 2.05) is 6.08 Å². The van der Waals surface area contributed by atoms with Gasteiger partial charge < -0.3 is 0 Å². The summed E-state index contributed by atoms with van der Waals surface area (Å²) in [5.74, 6) is 2.00. The molecule has 4 aliphatic carbocycles. The first-order valence-electron chi connectivity index (χ1n) is 11.3. The number of carbonyl (C=O) groups is 1. The van der Waals surface area contributed by atoms with Crippen LogP contribution in [0.1, 0.15) is 63.8 Å². The van der Waals surface area contributed by atoms with Crippen LogP contribution in [0.25, 0.3) is 5.69 Å². The van der Waals surface area contributed by atoms with Crippen LogP contribution < -0.4 is 0 Å². The molecule has 5 heteroatoms. The highest BCUT2D eigenvalue weighted by Crippen LogP contribution is 2.64. The maximum absolute atomic E-state index is 13.3. The van der Waals surface area contributed by atoms with Crippen molar-refractivity contribution in [3.05, 3.63) is 53.1 Å². The summed E-state index contributed by atoms with van der Waals surface area (Å²) in [5.41, 5.74) is 4.76. The van der Waals surface area contributed by atoms with Gasteiger partial charge in [-0.3, -0.25) is 4.79 Å². The largest absolute Gasteiger partial charge is 0.295 e. The molecule has 2 saturated carbocycles. The Kier molecular flexibility index (Phi) is 3.76. The zero-order chi connectivity index (χ0) is 20.7. The monoisotopic (exact) mass is 405 g/mol. The van der Waals surface area contributed by atoms with Crippen LogP contribution >= 0.6 is 0 Å². The van der Waals surface area contributed by atoms with E-state index in [2.05, 4.69) is 13.8 Å². The van der Waals surface area contributed by atoms with E-state index in [9.17, 15) is 9.18 Å². The van der Waals surface area contributed by atoms with Crippen molar-refractivity contribution >= 4 is 5.78 Å². The van der Waals surface area contributed by atoms with Crippen LogP contribution in [0.5, 0.6) is 0 Å². The van der Waals surface area contributed by atoms with E-state index in [0.29, 0.717) is 30.0 Å². The number of ketones is 1. The maximum atomic E-state index is 13.3. The second-order valence-corrected chi connectivity index (χ2v) is 10.4. The molecule has 0 bridgehead atoms. The second-order valence-electron chi connectivity index (χ2n) is 10.4. The number of hydrogen-bond donors (Lipinski definition) is 0. The smallest absolute Gasteiger partial charge is 0.155 e. The van der Waals surface area contributed by atoms with Crippen molar-refractivity contribution in [1.82, 2.24) is 15.0 Å². The highest BCUT2D eigenvalue weighted by molar-refractivity contribution is 5.91. The fourth-order valence-electron chi connectivity index (χ4n) is 7.37.